The molecule has 0 atom stereocenters. The summed E-state index contributed by atoms with van der Waals surface area (Å²) in [6.45, 7) is -0.282. The second kappa shape index (κ2) is 8.45. The van der Waals surface area contributed by atoms with Crippen molar-refractivity contribution in [3.05, 3.63) is 53.0 Å². The Morgan fingerprint density at radius 2 is 1.90 bits per heavy atom. The summed E-state index contributed by atoms with van der Waals surface area (Å²) in [4.78, 5) is 17.5. The van der Waals surface area contributed by atoms with Crippen LogP contribution in [-0.2, 0) is 6.18 Å². The maximum absolute atomic E-state index is 13.7. The zero-order chi connectivity index (χ0) is 22.8. The Hall–Kier alpha value is -3.29. The van der Waals surface area contributed by atoms with Gasteiger partial charge in [-0.05, 0) is 36.8 Å². The van der Waals surface area contributed by atoms with Crippen LogP contribution in [0.25, 0.3) is 0 Å². The number of nitriles is 1. The summed E-state index contributed by atoms with van der Waals surface area (Å²) in [5.41, 5.74) is -1.82. The standard InChI is InChI=1S/C20H16F6N4O/c21-15-4-2-13(10-12(15)11-27)28-18(31)14-3-5-16(20(24,25)26)29-17(14)30-8-1-6-19(22,23)7-9-30/h2-5,10H,1,6-9H2,(H,28,31). The first kappa shape index (κ1) is 22.4. The normalized spacial score (nSPS) is 16.4. The number of benzene rings is 1. The molecule has 1 N–H and O–H groups in total. The number of amides is 1. The van der Waals surface area contributed by atoms with Crippen molar-refractivity contribution in [2.75, 3.05) is 23.3 Å². The van der Waals surface area contributed by atoms with Crippen LogP contribution in [-0.4, -0.2) is 29.9 Å². The molecule has 164 valence electrons. The molecule has 0 spiro atoms. The first-order valence-corrected chi connectivity index (χ1v) is 9.22. The number of nitrogens with one attached hydrogen (secondary N) is 1. The Bertz CT molecular complexity index is 1030. The van der Waals surface area contributed by atoms with E-state index in [-0.39, 0.29) is 42.1 Å². The van der Waals surface area contributed by atoms with Gasteiger partial charge in [0, 0.05) is 31.6 Å². The molecular weight excluding hydrogens is 426 g/mol. The summed E-state index contributed by atoms with van der Waals surface area (Å²) in [7, 11) is 0. The third-order valence-electron chi connectivity index (χ3n) is 4.77. The number of aromatic nitrogens is 1. The molecule has 1 saturated heterocycles. The van der Waals surface area contributed by atoms with Gasteiger partial charge in [-0.15, -0.1) is 0 Å². The number of pyridine rings is 1. The van der Waals surface area contributed by atoms with E-state index in [1.807, 2.05) is 0 Å². The molecule has 1 fully saturated rings. The van der Waals surface area contributed by atoms with Gasteiger partial charge in [0.05, 0.1) is 11.1 Å². The molecule has 1 aromatic carbocycles. The van der Waals surface area contributed by atoms with Crippen molar-refractivity contribution in [1.82, 2.24) is 4.98 Å². The Morgan fingerprint density at radius 3 is 2.58 bits per heavy atom. The third kappa shape index (κ3) is 5.25. The number of rotatable bonds is 3. The molecule has 11 heteroatoms. The predicted octanol–water partition coefficient (Wildman–Crippen LogP) is 4.99. The van der Waals surface area contributed by atoms with Gasteiger partial charge in [-0.25, -0.2) is 18.2 Å². The number of carbonyl (C=O) groups excluding carboxylic acids is 1. The summed E-state index contributed by atoms with van der Waals surface area (Å²) in [5, 5.41) is 11.3. The average Bonchev–Trinajstić information content (AvgIpc) is 2.88. The van der Waals surface area contributed by atoms with Gasteiger partial charge in [0.15, 0.2) is 0 Å². The van der Waals surface area contributed by atoms with E-state index in [1.54, 1.807) is 6.07 Å². The minimum Gasteiger partial charge on any atom is -0.356 e. The molecule has 1 amide bonds. The lowest BCUT2D eigenvalue weighted by atomic mass is 10.1. The van der Waals surface area contributed by atoms with Gasteiger partial charge in [0.25, 0.3) is 5.91 Å². The van der Waals surface area contributed by atoms with Crippen LogP contribution in [0.5, 0.6) is 0 Å². The Morgan fingerprint density at radius 1 is 1.16 bits per heavy atom. The van der Waals surface area contributed by atoms with Crippen molar-refractivity contribution >= 4 is 17.4 Å². The molecular formula is C20H16F6N4O. The van der Waals surface area contributed by atoms with E-state index in [2.05, 4.69) is 10.3 Å². The zero-order valence-corrected chi connectivity index (χ0v) is 15.9. The van der Waals surface area contributed by atoms with E-state index < -0.39 is 42.4 Å². The highest BCUT2D eigenvalue weighted by Gasteiger charge is 2.36. The highest BCUT2D eigenvalue weighted by atomic mass is 19.4. The topological polar surface area (TPSA) is 69.0 Å². The number of hydrogen-bond donors (Lipinski definition) is 1. The second-order valence-corrected chi connectivity index (χ2v) is 7.02. The van der Waals surface area contributed by atoms with E-state index >= 15 is 0 Å². The average molecular weight is 442 g/mol. The smallest absolute Gasteiger partial charge is 0.356 e. The van der Waals surface area contributed by atoms with Crippen LogP contribution in [0.15, 0.2) is 30.3 Å². The molecule has 3 rings (SSSR count). The molecule has 0 aliphatic carbocycles. The second-order valence-electron chi connectivity index (χ2n) is 7.02. The van der Waals surface area contributed by atoms with Crippen LogP contribution < -0.4 is 10.2 Å². The number of carbonyl (C=O) groups is 1. The van der Waals surface area contributed by atoms with Gasteiger partial charge >= 0.3 is 6.18 Å². The summed E-state index contributed by atoms with van der Waals surface area (Å²) >= 11 is 0. The number of nitrogens with zero attached hydrogens (tertiary/aromatic N) is 3. The quantitative estimate of drug-likeness (QED) is 0.681. The molecule has 1 aliphatic rings. The van der Waals surface area contributed by atoms with E-state index in [4.69, 9.17) is 5.26 Å². The lowest BCUT2D eigenvalue weighted by Gasteiger charge is -2.25. The molecule has 2 heterocycles. The van der Waals surface area contributed by atoms with Crippen molar-refractivity contribution in [1.29, 1.82) is 5.26 Å². The number of anilines is 2. The third-order valence-corrected chi connectivity index (χ3v) is 4.77. The highest BCUT2D eigenvalue weighted by molar-refractivity contribution is 6.07. The van der Waals surface area contributed by atoms with Gasteiger partial charge in [-0.3, -0.25) is 4.79 Å². The van der Waals surface area contributed by atoms with E-state index in [1.165, 1.54) is 11.0 Å². The van der Waals surface area contributed by atoms with Crippen LogP contribution in [0, 0.1) is 17.1 Å². The number of halogens is 6. The van der Waals surface area contributed by atoms with Gasteiger partial charge in [-0.2, -0.15) is 18.4 Å². The molecule has 0 saturated carbocycles. The van der Waals surface area contributed by atoms with Crippen LogP contribution in [0.3, 0.4) is 0 Å². The Labute approximate surface area is 173 Å². The largest absolute Gasteiger partial charge is 0.433 e. The van der Waals surface area contributed by atoms with Gasteiger partial charge in [0.2, 0.25) is 5.92 Å². The highest BCUT2D eigenvalue weighted by Crippen LogP contribution is 2.34. The molecule has 0 unspecified atom stereocenters. The molecule has 1 aliphatic heterocycles. The summed E-state index contributed by atoms with van der Waals surface area (Å²) < 4.78 is 80.4. The fourth-order valence-corrected chi connectivity index (χ4v) is 3.19. The Kier molecular flexibility index (Phi) is 6.10. The SMILES string of the molecule is N#Cc1cc(NC(=O)c2ccc(C(F)(F)F)nc2N2CCCC(F)(F)CC2)ccc1F. The molecule has 0 bridgehead atoms. The van der Waals surface area contributed by atoms with E-state index in [0.717, 1.165) is 18.2 Å². The fraction of sp³-hybridized carbons (Fsp3) is 0.350. The predicted molar refractivity (Wildman–Crippen MR) is 99.3 cm³/mol. The van der Waals surface area contributed by atoms with Crippen molar-refractivity contribution in [3.8, 4) is 6.07 Å². The van der Waals surface area contributed by atoms with Crippen LogP contribution in [0.1, 0.15) is 40.9 Å². The van der Waals surface area contributed by atoms with Gasteiger partial charge < -0.3 is 10.2 Å². The summed E-state index contributed by atoms with van der Waals surface area (Å²) in [6, 6.07) is 6.34. The number of alkyl halides is 5. The van der Waals surface area contributed by atoms with Crippen LogP contribution in [0.2, 0.25) is 0 Å². The monoisotopic (exact) mass is 442 g/mol. The minimum absolute atomic E-state index is 0.000685. The van der Waals surface area contributed by atoms with Crippen LogP contribution in [0.4, 0.5) is 37.8 Å². The molecule has 1 aromatic heterocycles. The lowest BCUT2D eigenvalue weighted by Crippen LogP contribution is -2.30. The van der Waals surface area contributed by atoms with Crippen LogP contribution >= 0.6 is 0 Å². The maximum Gasteiger partial charge on any atom is 0.433 e. The fourth-order valence-electron chi connectivity index (χ4n) is 3.19. The molecule has 31 heavy (non-hydrogen) atoms. The lowest BCUT2D eigenvalue weighted by molar-refractivity contribution is -0.141. The molecule has 0 radical (unpaired) electrons. The van der Waals surface area contributed by atoms with Gasteiger partial charge in [-0.1, -0.05) is 0 Å². The van der Waals surface area contributed by atoms with Gasteiger partial charge in [0.1, 0.15) is 23.4 Å². The number of hydrogen-bond acceptors (Lipinski definition) is 4. The minimum atomic E-state index is -4.79. The molecule has 5 nitrogen and oxygen atoms in total. The van der Waals surface area contributed by atoms with Crippen molar-refractivity contribution in [2.45, 2.75) is 31.4 Å². The van der Waals surface area contributed by atoms with Crippen molar-refractivity contribution in [2.24, 2.45) is 0 Å². The maximum atomic E-state index is 13.7. The van der Waals surface area contributed by atoms with E-state index in [0.29, 0.717) is 6.07 Å². The first-order valence-electron chi connectivity index (χ1n) is 9.22. The van der Waals surface area contributed by atoms with Crippen molar-refractivity contribution in [3.63, 3.8) is 0 Å². The molecule has 2 aromatic rings. The zero-order valence-electron chi connectivity index (χ0n) is 15.9. The first-order chi connectivity index (χ1) is 14.5. The summed E-state index contributed by atoms with van der Waals surface area (Å²) in [6.07, 6.45) is -5.79. The summed E-state index contributed by atoms with van der Waals surface area (Å²) in [5.74, 6) is -5.00. The van der Waals surface area contributed by atoms with Crippen molar-refractivity contribution < 1.29 is 31.1 Å². The Balaban J connectivity index is 1.97. The van der Waals surface area contributed by atoms with E-state index in [9.17, 15) is 31.1 Å².